The SMILES string of the molecule is COc1cc([C@@H]2c3cc4c(cc3[C@@H](CCN(C)CCN3CCOCC3)C3COC(=O)[C@@H]32)OCO4)cc(OC)c1O.Cl.Cl. The lowest BCUT2D eigenvalue weighted by molar-refractivity contribution is -0.141. The molecule has 12 heteroatoms. The number of hydrogen-bond donors (Lipinski definition) is 1. The highest BCUT2D eigenvalue weighted by Crippen LogP contribution is 2.56. The first-order valence-corrected chi connectivity index (χ1v) is 14.0. The maximum atomic E-state index is 13.4. The summed E-state index contributed by atoms with van der Waals surface area (Å²) in [6.45, 7) is 7.00. The first kappa shape index (κ1) is 32.3. The van der Waals surface area contributed by atoms with Gasteiger partial charge in [0.2, 0.25) is 12.5 Å². The monoisotopic (exact) mass is 626 g/mol. The molecule has 0 spiro atoms. The Kier molecular flexibility index (Phi) is 10.6. The van der Waals surface area contributed by atoms with Crippen molar-refractivity contribution in [3.8, 4) is 28.7 Å². The van der Waals surface area contributed by atoms with Crippen molar-refractivity contribution in [3.05, 3.63) is 41.0 Å². The summed E-state index contributed by atoms with van der Waals surface area (Å²) < 4.78 is 33.7. The van der Waals surface area contributed by atoms with Crippen LogP contribution in [0.4, 0.5) is 0 Å². The zero-order valence-corrected chi connectivity index (χ0v) is 25.8. The third kappa shape index (κ3) is 6.05. The normalized spacial score (nSPS) is 24.2. The third-order valence-corrected chi connectivity index (χ3v) is 8.92. The molecule has 4 atom stereocenters. The van der Waals surface area contributed by atoms with Gasteiger partial charge in [-0.1, -0.05) is 0 Å². The van der Waals surface area contributed by atoms with Gasteiger partial charge in [-0.25, -0.2) is 0 Å². The molecule has 3 heterocycles. The fraction of sp³-hybridized carbons (Fsp3) is 0.567. The van der Waals surface area contributed by atoms with Gasteiger partial charge < -0.3 is 38.4 Å². The number of rotatable bonds is 9. The number of likely N-dealkylation sites (N-methyl/N-ethyl adjacent to an activating group) is 1. The number of nitrogens with zero attached hydrogens (tertiary/aromatic N) is 2. The number of ether oxygens (including phenoxy) is 6. The Morgan fingerprint density at radius 3 is 2.24 bits per heavy atom. The Morgan fingerprint density at radius 2 is 1.60 bits per heavy atom. The van der Waals surface area contributed by atoms with E-state index in [1.54, 1.807) is 12.1 Å². The molecule has 0 aromatic heterocycles. The summed E-state index contributed by atoms with van der Waals surface area (Å²) in [5.74, 6) is 1.15. The van der Waals surface area contributed by atoms with Crippen molar-refractivity contribution in [1.82, 2.24) is 9.80 Å². The minimum atomic E-state index is -0.379. The molecule has 1 unspecified atom stereocenters. The van der Waals surface area contributed by atoms with Crippen LogP contribution in [0.25, 0.3) is 0 Å². The lowest BCUT2D eigenvalue weighted by Crippen LogP contribution is -2.41. The number of morpholine rings is 1. The summed E-state index contributed by atoms with van der Waals surface area (Å²) in [7, 11) is 5.17. The molecule has 0 bridgehead atoms. The molecular weight excluding hydrogens is 587 g/mol. The predicted octanol–water partition coefficient (Wildman–Crippen LogP) is 3.65. The third-order valence-electron chi connectivity index (χ3n) is 8.92. The minimum Gasteiger partial charge on any atom is -0.502 e. The molecule has 4 aliphatic rings. The fourth-order valence-corrected chi connectivity index (χ4v) is 6.75. The van der Waals surface area contributed by atoms with E-state index < -0.39 is 0 Å². The van der Waals surface area contributed by atoms with Gasteiger partial charge in [-0.15, -0.1) is 24.8 Å². The molecule has 10 nitrogen and oxygen atoms in total. The van der Waals surface area contributed by atoms with Crippen LogP contribution >= 0.6 is 24.8 Å². The van der Waals surface area contributed by atoms with E-state index in [9.17, 15) is 9.90 Å². The van der Waals surface area contributed by atoms with Gasteiger partial charge in [0, 0.05) is 38.0 Å². The Bertz CT molecular complexity index is 1230. The molecule has 2 saturated heterocycles. The Labute approximate surface area is 258 Å². The van der Waals surface area contributed by atoms with E-state index in [1.165, 1.54) is 14.2 Å². The quantitative estimate of drug-likeness (QED) is 0.415. The Morgan fingerprint density at radius 1 is 0.952 bits per heavy atom. The zero-order chi connectivity index (χ0) is 27.8. The Balaban J connectivity index is 0.00000202. The number of phenolic OH excluding ortho intramolecular Hbond substituents is 1. The molecule has 2 aromatic rings. The number of methoxy groups -OCH3 is 2. The van der Waals surface area contributed by atoms with Crippen molar-refractivity contribution in [1.29, 1.82) is 0 Å². The molecule has 2 aromatic carbocycles. The van der Waals surface area contributed by atoms with Gasteiger partial charge in [-0.3, -0.25) is 9.69 Å². The van der Waals surface area contributed by atoms with Crippen LogP contribution in [0.15, 0.2) is 24.3 Å². The van der Waals surface area contributed by atoms with Crippen molar-refractivity contribution in [2.75, 3.05) is 80.6 Å². The number of esters is 1. The number of hydrogen-bond acceptors (Lipinski definition) is 10. The molecule has 0 radical (unpaired) electrons. The lowest BCUT2D eigenvalue weighted by atomic mass is 9.62. The molecule has 1 aliphatic carbocycles. The van der Waals surface area contributed by atoms with Crippen molar-refractivity contribution in [2.24, 2.45) is 11.8 Å². The smallest absolute Gasteiger partial charge is 0.310 e. The van der Waals surface area contributed by atoms with Gasteiger partial charge in [0.1, 0.15) is 0 Å². The van der Waals surface area contributed by atoms with Crippen LogP contribution in [-0.2, 0) is 14.3 Å². The zero-order valence-electron chi connectivity index (χ0n) is 24.2. The van der Waals surface area contributed by atoms with E-state index >= 15 is 0 Å². The second-order valence-corrected chi connectivity index (χ2v) is 11.1. The number of cyclic esters (lactones) is 1. The number of fused-ring (bicyclic) bond motifs is 3. The van der Waals surface area contributed by atoms with Crippen molar-refractivity contribution < 1.29 is 38.3 Å². The average Bonchev–Trinajstić information content (AvgIpc) is 3.60. The topological polar surface area (TPSA) is 99.2 Å². The molecule has 42 heavy (non-hydrogen) atoms. The first-order valence-electron chi connectivity index (χ1n) is 14.0. The second kappa shape index (κ2) is 13.8. The van der Waals surface area contributed by atoms with Crippen LogP contribution in [-0.4, -0.2) is 101 Å². The molecule has 1 N–H and O–H groups in total. The first-order chi connectivity index (χ1) is 19.5. The molecule has 3 aliphatic heterocycles. The maximum Gasteiger partial charge on any atom is 0.310 e. The molecule has 0 amide bonds. The van der Waals surface area contributed by atoms with Crippen LogP contribution in [0, 0.1) is 11.8 Å². The molecule has 6 rings (SSSR count). The summed E-state index contributed by atoms with van der Waals surface area (Å²) >= 11 is 0. The van der Waals surface area contributed by atoms with E-state index in [4.69, 9.17) is 28.4 Å². The number of benzene rings is 2. The van der Waals surface area contributed by atoms with Crippen LogP contribution < -0.4 is 18.9 Å². The standard InChI is InChI=1S/C30H38N2O8.2ClH/c1-31(6-7-32-8-10-37-11-9-32)5-4-19-20-14-23-24(40-17-39-23)15-21(20)27(28-22(19)16-38-30(28)34)18-12-25(35-2)29(33)26(13-18)36-3;;/h12-15,19,22,27-28,33H,4-11,16-17H2,1-3H3;2*1H/t19-,22?,27-,28+;;/m1../s1. The minimum absolute atomic E-state index is 0. The highest BCUT2D eigenvalue weighted by Gasteiger charge is 2.52. The number of halogens is 2. The van der Waals surface area contributed by atoms with Gasteiger partial charge in [-0.2, -0.15) is 0 Å². The second-order valence-electron chi connectivity index (χ2n) is 11.1. The van der Waals surface area contributed by atoms with E-state index in [-0.39, 0.29) is 67.0 Å². The van der Waals surface area contributed by atoms with Gasteiger partial charge in [-0.05, 0) is 66.9 Å². The highest BCUT2D eigenvalue weighted by atomic mass is 35.5. The van der Waals surface area contributed by atoms with Crippen LogP contribution in [0.3, 0.4) is 0 Å². The Hall–Kier alpha value is -2.63. The maximum absolute atomic E-state index is 13.4. The van der Waals surface area contributed by atoms with Gasteiger partial charge >= 0.3 is 5.97 Å². The lowest BCUT2D eigenvalue weighted by Gasteiger charge is -2.40. The molecular formula is C30H40Cl2N2O8. The fourth-order valence-electron chi connectivity index (χ4n) is 6.75. The van der Waals surface area contributed by atoms with Crippen LogP contribution in [0.2, 0.25) is 0 Å². The number of carbonyl (C=O) groups excluding carboxylic acids is 1. The van der Waals surface area contributed by atoms with Crippen molar-refractivity contribution in [3.63, 3.8) is 0 Å². The summed E-state index contributed by atoms with van der Waals surface area (Å²) in [5, 5.41) is 10.6. The van der Waals surface area contributed by atoms with Crippen LogP contribution in [0.5, 0.6) is 28.7 Å². The highest BCUT2D eigenvalue weighted by molar-refractivity contribution is 5.85. The van der Waals surface area contributed by atoms with Crippen molar-refractivity contribution >= 4 is 30.8 Å². The van der Waals surface area contributed by atoms with E-state index in [1.807, 2.05) is 6.07 Å². The summed E-state index contributed by atoms with van der Waals surface area (Å²) in [4.78, 5) is 18.2. The largest absolute Gasteiger partial charge is 0.502 e. The molecule has 0 saturated carbocycles. The number of phenols is 1. The average molecular weight is 628 g/mol. The summed E-state index contributed by atoms with van der Waals surface area (Å²) in [5.41, 5.74) is 2.99. The summed E-state index contributed by atoms with van der Waals surface area (Å²) in [6.07, 6.45) is 0.888. The van der Waals surface area contributed by atoms with Crippen molar-refractivity contribution in [2.45, 2.75) is 18.3 Å². The molecule has 2 fully saturated rings. The van der Waals surface area contributed by atoms with E-state index in [2.05, 4.69) is 22.9 Å². The van der Waals surface area contributed by atoms with E-state index in [0.29, 0.717) is 23.9 Å². The van der Waals surface area contributed by atoms with Gasteiger partial charge in [0.05, 0.1) is 40.0 Å². The summed E-state index contributed by atoms with van der Waals surface area (Å²) in [6, 6.07) is 7.70. The van der Waals surface area contributed by atoms with E-state index in [0.717, 1.165) is 74.8 Å². The molecule has 232 valence electrons. The van der Waals surface area contributed by atoms with Gasteiger partial charge in [0.15, 0.2) is 23.0 Å². The van der Waals surface area contributed by atoms with Gasteiger partial charge in [0.25, 0.3) is 0 Å². The predicted molar refractivity (Wildman–Crippen MR) is 160 cm³/mol. The number of carbonyl (C=O) groups is 1. The van der Waals surface area contributed by atoms with Crippen LogP contribution in [0.1, 0.15) is 34.9 Å². The number of aromatic hydroxyl groups is 1.